The molecule has 0 amide bonds. The number of hydrogen-bond acceptors (Lipinski definition) is 2. The summed E-state index contributed by atoms with van der Waals surface area (Å²) in [7, 11) is 0. The van der Waals surface area contributed by atoms with E-state index in [0.29, 0.717) is 11.8 Å². The Hall–Kier alpha value is -0.570. The standard InChI is InChI=1S/C9H8O2.Na/c10-7-6-9(11)8-4-2-1-3-5-8;/h1-7,10H;/q;+1/p-1/b7-6-;. The molecule has 0 unspecified atom stereocenters. The van der Waals surface area contributed by atoms with Crippen LogP contribution < -0.4 is 34.7 Å². The molecule has 3 heteroatoms. The maximum atomic E-state index is 11.0. The van der Waals surface area contributed by atoms with Crippen molar-refractivity contribution in [3.63, 3.8) is 0 Å². The van der Waals surface area contributed by atoms with Crippen LogP contribution in [-0.4, -0.2) is 5.78 Å². The quantitative estimate of drug-likeness (QED) is 0.218. The molecular weight excluding hydrogens is 163 g/mol. The van der Waals surface area contributed by atoms with Crippen molar-refractivity contribution in [2.24, 2.45) is 0 Å². The third-order valence-electron chi connectivity index (χ3n) is 1.28. The van der Waals surface area contributed by atoms with Crippen molar-refractivity contribution in [2.45, 2.75) is 0 Å². The van der Waals surface area contributed by atoms with Crippen molar-refractivity contribution >= 4 is 5.78 Å². The molecule has 0 aromatic heterocycles. The van der Waals surface area contributed by atoms with Crippen LogP contribution in [-0.2, 0) is 0 Å². The van der Waals surface area contributed by atoms with Gasteiger partial charge >= 0.3 is 29.6 Å². The zero-order valence-corrected chi connectivity index (χ0v) is 8.86. The third-order valence-corrected chi connectivity index (χ3v) is 1.28. The maximum Gasteiger partial charge on any atom is 1.00 e. The van der Waals surface area contributed by atoms with E-state index in [2.05, 4.69) is 0 Å². The molecule has 0 N–H and O–H groups in total. The van der Waals surface area contributed by atoms with Gasteiger partial charge in [0.2, 0.25) is 0 Å². The van der Waals surface area contributed by atoms with E-state index in [1.807, 2.05) is 6.07 Å². The topological polar surface area (TPSA) is 40.1 Å². The second-order valence-electron chi connectivity index (χ2n) is 2.03. The summed E-state index contributed by atoms with van der Waals surface area (Å²) in [4.78, 5) is 11.0. The van der Waals surface area contributed by atoms with E-state index in [4.69, 9.17) is 0 Å². The maximum absolute atomic E-state index is 11.0. The van der Waals surface area contributed by atoms with Gasteiger partial charge in [0.05, 0.1) is 0 Å². The zero-order chi connectivity index (χ0) is 8.10. The number of ketones is 1. The van der Waals surface area contributed by atoms with Crippen molar-refractivity contribution in [3.05, 3.63) is 48.2 Å². The summed E-state index contributed by atoms with van der Waals surface area (Å²) in [5.74, 6) is -0.249. The van der Waals surface area contributed by atoms with Crippen molar-refractivity contribution < 1.29 is 39.5 Å². The summed E-state index contributed by atoms with van der Waals surface area (Å²) >= 11 is 0. The molecule has 2 nitrogen and oxygen atoms in total. The van der Waals surface area contributed by atoms with E-state index in [9.17, 15) is 9.90 Å². The van der Waals surface area contributed by atoms with Crippen LogP contribution in [0, 0.1) is 0 Å². The largest absolute Gasteiger partial charge is 1.00 e. The molecule has 1 rings (SSSR count). The molecule has 1 aromatic carbocycles. The van der Waals surface area contributed by atoms with Crippen molar-refractivity contribution in [1.29, 1.82) is 0 Å². The summed E-state index contributed by atoms with van der Waals surface area (Å²) in [6.07, 6.45) is 1.50. The van der Waals surface area contributed by atoms with Crippen LogP contribution in [0.15, 0.2) is 42.7 Å². The molecule has 1 aromatic rings. The minimum absolute atomic E-state index is 0. The molecule has 0 aliphatic heterocycles. The summed E-state index contributed by atoms with van der Waals surface area (Å²) in [5.41, 5.74) is 0.541. The van der Waals surface area contributed by atoms with Gasteiger partial charge in [0.1, 0.15) is 0 Å². The molecule has 0 aliphatic carbocycles. The molecule has 0 bridgehead atoms. The van der Waals surface area contributed by atoms with Gasteiger partial charge in [-0.25, -0.2) is 0 Å². The number of hydrogen-bond donors (Lipinski definition) is 0. The molecule has 0 radical (unpaired) electrons. The fraction of sp³-hybridized carbons (Fsp3) is 0. The minimum atomic E-state index is -0.249. The van der Waals surface area contributed by atoms with Crippen LogP contribution in [0.3, 0.4) is 0 Å². The predicted molar refractivity (Wildman–Crippen MR) is 39.9 cm³/mol. The molecule has 0 heterocycles. The van der Waals surface area contributed by atoms with E-state index in [0.717, 1.165) is 6.08 Å². The molecular formula is C9H7NaO2. The smallest absolute Gasteiger partial charge is 0.878 e. The Morgan fingerprint density at radius 1 is 1.25 bits per heavy atom. The Morgan fingerprint density at radius 3 is 2.33 bits per heavy atom. The first-order chi connectivity index (χ1) is 5.34. The summed E-state index contributed by atoms with van der Waals surface area (Å²) in [5, 5.41) is 9.91. The van der Waals surface area contributed by atoms with Crippen molar-refractivity contribution in [1.82, 2.24) is 0 Å². The van der Waals surface area contributed by atoms with Crippen LogP contribution in [0.2, 0.25) is 0 Å². The van der Waals surface area contributed by atoms with Gasteiger partial charge in [0.15, 0.2) is 5.78 Å². The monoisotopic (exact) mass is 170 g/mol. The predicted octanol–water partition coefficient (Wildman–Crippen LogP) is -2.25. The Bertz CT molecular complexity index is 267. The second-order valence-corrected chi connectivity index (χ2v) is 2.03. The van der Waals surface area contributed by atoms with Gasteiger partial charge in [0.25, 0.3) is 0 Å². The molecule has 0 fully saturated rings. The van der Waals surface area contributed by atoms with E-state index < -0.39 is 0 Å². The molecule has 0 aliphatic rings. The van der Waals surface area contributed by atoms with Crippen molar-refractivity contribution in [2.75, 3.05) is 0 Å². The van der Waals surface area contributed by atoms with E-state index in [-0.39, 0.29) is 35.3 Å². The summed E-state index contributed by atoms with van der Waals surface area (Å²) < 4.78 is 0. The fourth-order valence-electron chi connectivity index (χ4n) is 0.760. The van der Waals surface area contributed by atoms with Gasteiger partial charge < -0.3 is 5.11 Å². The van der Waals surface area contributed by atoms with Gasteiger partial charge in [-0.05, 0) is 6.08 Å². The first-order valence-electron chi connectivity index (χ1n) is 3.22. The van der Waals surface area contributed by atoms with Crippen molar-refractivity contribution in [3.8, 4) is 0 Å². The summed E-state index contributed by atoms with van der Waals surface area (Å²) in [6, 6.07) is 8.67. The van der Waals surface area contributed by atoms with E-state index in [1.165, 1.54) is 0 Å². The van der Waals surface area contributed by atoms with Gasteiger partial charge in [-0.2, -0.15) is 0 Å². The number of carbonyl (C=O) groups excluding carboxylic acids is 1. The number of allylic oxidation sites excluding steroid dienone is 1. The van der Waals surface area contributed by atoms with Crippen LogP contribution >= 0.6 is 0 Å². The molecule has 0 saturated carbocycles. The number of rotatable bonds is 2. The normalized spacial score (nSPS) is 9.33. The van der Waals surface area contributed by atoms with Gasteiger partial charge in [-0.3, -0.25) is 4.79 Å². The van der Waals surface area contributed by atoms with Crippen LogP contribution in [0.25, 0.3) is 0 Å². The number of carbonyl (C=O) groups is 1. The van der Waals surface area contributed by atoms with Gasteiger partial charge in [-0.15, -0.1) is 6.26 Å². The zero-order valence-electron chi connectivity index (χ0n) is 6.86. The first-order valence-corrected chi connectivity index (χ1v) is 3.22. The Kier molecular flexibility index (Phi) is 5.72. The fourth-order valence-corrected chi connectivity index (χ4v) is 0.760. The first kappa shape index (κ1) is 11.4. The third kappa shape index (κ3) is 3.22. The average molecular weight is 170 g/mol. The van der Waals surface area contributed by atoms with E-state index in [1.54, 1.807) is 24.3 Å². The summed E-state index contributed by atoms with van der Waals surface area (Å²) in [6.45, 7) is 0. The average Bonchev–Trinajstić information content (AvgIpc) is 2.07. The Morgan fingerprint density at radius 2 is 1.83 bits per heavy atom. The minimum Gasteiger partial charge on any atom is -0.878 e. The second kappa shape index (κ2) is 6.00. The molecule has 0 saturated heterocycles. The van der Waals surface area contributed by atoms with Crippen LogP contribution in [0.1, 0.15) is 10.4 Å². The molecule has 56 valence electrons. The molecule has 0 atom stereocenters. The Balaban J connectivity index is 0.00000121. The Labute approximate surface area is 93.2 Å². The number of benzene rings is 1. The van der Waals surface area contributed by atoms with Crippen LogP contribution in [0.4, 0.5) is 0 Å². The molecule has 12 heavy (non-hydrogen) atoms. The van der Waals surface area contributed by atoms with Gasteiger partial charge in [-0.1, -0.05) is 30.3 Å². The molecule has 0 spiro atoms. The van der Waals surface area contributed by atoms with E-state index >= 15 is 0 Å². The van der Waals surface area contributed by atoms with Gasteiger partial charge in [0, 0.05) is 5.56 Å². The SMILES string of the molecule is O=C(/C=C\[O-])c1ccccc1.[Na+]. The van der Waals surface area contributed by atoms with Crippen LogP contribution in [0.5, 0.6) is 0 Å².